The molecular formula is C19H17FO5. The number of fused-ring (bicyclic) bond motifs is 1. The molecule has 1 heterocycles. The van der Waals surface area contributed by atoms with E-state index in [1.807, 2.05) is 6.07 Å². The van der Waals surface area contributed by atoms with Gasteiger partial charge in [-0.1, -0.05) is 12.1 Å². The first-order valence-corrected chi connectivity index (χ1v) is 7.97. The first-order chi connectivity index (χ1) is 12.1. The molecule has 0 spiro atoms. The van der Waals surface area contributed by atoms with Crippen LogP contribution in [0.4, 0.5) is 4.39 Å². The number of halogens is 1. The minimum Gasteiger partial charge on any atom is -0.485 e. The lowest BCUT2D eigenvalue weighted by Gasteiger charge is -2.24. The molecule has 2 aromatic rings. The van der Waals surface area contributed by atoms with Gasteiger partial charge < -0.3 is 14.2 Å². The summed E-state index contributed by atoms with van der Waals surface area (Å²) >= 11 is 0. The van der Waals surface area contributed by atoms with Crippen molar-refractivity contribution in [3.8, 4) is 11.5 Å². The van der Waals surface area contributed by atoms with Crippen molar-refractivity contribution in [1.29, 1.82) is 0 Å². The van der Waals surface area contributed by atoms with E-state index in [9.17, 15) is 14.0 Å². The van der Waals surface area contributed by atoms with Gasteiger partial charge in [0.05, 0.1) is 6.61 Å². The minimum atomic E-state index is -0.817. The molecule has 0 saturated carbocycles. The van der Waals surface area contributed by atoms with Crippen molar-refractivity contribution in [2.75, 3.05) is 13.2 Å². The molecule has 6 heteroatoms. The molecule has 25 heavy (non-hydrogen) atoms. The predicted octanol–water partition coefficient (Wildman–Crippen LogP) is 3.17. The predicted molar refractivity (Wildman–Crippen MR) is 87.3 cm³/mol. The molecule has 5 nitrogen and oxygen atoms in total. The molecule has 2 aromatic carbocycles. The highest BCUT2D eigenvalue weighted by atomic mass is 19.1. The van der Waals surface area contributed by atoms with Crippen molar-refractivity contribution in [2.45, 2.75) is 18.9 Å². The largest absolute Gasteiger partial charge is 0.485 e. The number of carbonyl (C=O) groups is 2. The van der Waals surface area contributed by atoms with Crippen LogP contribution in [0.25, 0.3) is 0 Å². The van der Waals surface area contributed by atoms with Crippen LogP contribution < -0.4 is 9.47 Å². The average Bonchev–Trinajstić information content (AvgIpc) is 2.65. The van der Waals surface area contributed by atoms with Gasteiger partial charge >= 0.3 is 5.97 Å². The van der Waals surface area contributed by atoms with Crippen LogP contribution in [0.2, 0.25) is 0 Å². The first-order valence-electron chi connectivity index (χ1n) is 7.97. The molecule has 1 atom stereocenters. The Kier molecular flexibility index (Phi) is 5.28. The van der Waals surface area contributed by atoms with E-state index in [-0.39, 0.29) is 31.2 Å². The van der Waals surface area contributed by atoms with Gasteiger partial charge in [0.1, 0.15) is 12.4 Å². The molecule has 0 radical (unpaired) electrons. The highest BCUT2D eigenvalue weighted by Crippen LogP contribution is 2.31. The number of hydrogen-bond acceptors (Lipinski definition) is 5. The summed E-state index contributed by atoms with van der Waals surface area (Å²) < 4.78 is 29.0. The van der Waals surface area contributed by atoms with Crippen LogP contribution in [0.5, 0.6) is 11.5 Å². The van der Waals surface area contributed by atoms with Crippen LogP contribution in [0.1, 0.15) is 23.2 Å². The number of hydrogen-bond donors (Lipinski definition) is 0. The number of ketones is 1. The van der Waals surface area contributed by atoms with Crippen molar-refractivity contribution < 1.29 is 28.2 Å². The van der Waals surface area contributed by atoms with Gasteiger partial charge in [0.15, 0.2) is 17.3 Å². The maximum atomic E-state index is 12.8. The molecular weight excluding hydrogens is 327 g/mol. The van der Waals surface area contributed by atoms with Gasteiger partial charge in [-0.05, 0) is 42.8 Å². The molecule has 0 unspecified atom stereocenters. The third-order valence-corrected chi connectivity index (χ3v) is 3.73. The molecule has 0 fully saturated rings. The van der Waals surface area contributed by atoms with Crippen LogP contribution in [-0.4, -0.2) is 31.1 Å². The zero-order chi connectivity index (χ0) is 17.6. The van der Waals surface area contributed by atoms with E-state index in [2.05, 4.69) is 0 Å². The zero-order valence-corrected chi connectivity index (χ0v) is 13.4. The van der Waals surface area contributed by atoms with Crippen LogP contribution in [0.15, 0.2) is 48.5 Å². The SMILES string of the molecule is O=C(CCCOC(=O)[C@H]1COc2ccccc2O1)c1ccc(F)cc1. The standard InChI is InChI=1S/C19H17FO5/c20-14-9-7-13(8-10-14)15(21)4-3-11-23-19(22)18-12-24-16-5-1-2-6-17(16)25-18/h1-2,5-10,18H,3-4,11-12H2/t18-/m1/s1. The highest BCUT2D eigenvalue weighted by molar-refractivity contribution is 5.95. The van der Waals surface area contributed by atoms with E-state index in [4.69, 9.17) is 14.2 Å². The average molecular weight is 344 g/mol. The maximum absolute atomic E-state index is 12.8. The maximum Gasteiger partial charge on any atom is 0.350 e. The number of ether oxygens (including phenoxy) is 3. The summed E-state index contributed by atoms with van der Waals surface area (Å²) in [4.78, 5) is 23.9. The van der Waals surface area contributed by atoms with E-state index < -0.39 is 12.1 Å². The van der Waals surface area contributed by atoms with Crippen molar-refractivity contribution in [1.82, 2.24) is 0 Å². The van der Waals surface area contributed by atoms with Crippen LogP contribution in [0, 0.1) is 5.82 Å². The molecule has 0 saturated heterocycles. The molecule has 0 aliphatic carbocycles. The topological polar surface area (TPSA) is 61.8 Å². The fourth-order valence-corrected chi connectivity index (χ4v) is 2.41. The Morgan fingerprint density at radius 1 is 1.08 bits per heavy atom. The first kappa shape index (κ1) is 17.0. The minimum absolute atomic E-state index is 0.0877. The van der Waals surface area contributed by atoms with Gasteiger partial charge in [-0.3, -0.25) is 4.79 Å². The van der Waals surface area contributed by atoms with E-state index in [0.29, 0.717) is 23.5 Å². The summed E-state index contributed by atoms with van der Waals surface area (Å²) in [7, 11) is 0. The molecule has 0 aromatic heterocycles. The number of benzene rings is 2. The van der Waals surface area contributed by atoms with Crippen molar-refractivity contribution in [3.05, 3.63) is 59.9 Å². The Morgan fingerprint density at radius 2 is 1.80 bits per heavy atom. The number of esters is 1. The van der Waals surface area contributed by atoms with Crippen LogP contribution in [0.3, 0.4) is 0 Å². The number of Topliss-reactive ketones (excluding diaryl/α,β-unsaturated/α-hetero) is 1. The molecule has 0 amide bonds. The van der Waals surface area contributed by atoms with Gasteiger partial charge in [0.2, 0.25) is 6.10 Å². The summed E-state index contributed by atoms with van der Waals surface area (Å²) in [6.45, 7) is 0.192. The second kappa shape index (κ2) is 7.79. The Morgan fingerprint density at radius 3 is 2.56 bits per heavy atom. The second-order valence-corrected chi connectivity index (χ2v) is 5.57. The lowest BCUT2D eigenvalue weighted by atomic mass is 10.1. The summed E-state index contributed by atoms with van der Waals surface area (Å²) in [5.41, 5.74) is 0.438. The van der Waals surface area contributed by atoms with Crippen LogP contribution >= 0.6 is 0 Å². The Balaban J connectivity index is 1.41. The fraction of sp³-hybridized carbons (Fsp3) is 0.263. The number of rotatable bonds is 6. The Hall–Kier alpha value is -2.89. The van der Waals surface area contributed by atoms with E-state index in [1.165, 1.54) is 24.3 Å². The number of carbonyl (C=O) groups excluding carboxylic acids is 2. The summed E-state index contributed by atoms with van der Waals surface area (Å²) in [5, 5.41) is 0. The summed E-state index contributed by atoms with van der Waals surface area (Å²) in [5.74, 6) is 0.0614. The molecule has 1 aliphatic rings. The van der Waals surface area contributed by atoms with E-state index in [1.54, 1.807) is 18.2 Å². The van der Waals surface area contributed by atoms with Gasteiger partial charge in [-0.2, -0.15) is 0 Å². The van der Waals surface area contributed by atoms with Crippen LogP contribution in [-0.2, 0) is 9.53 Å². The normalized spacial score (nSPS) is 15.5. The van der Waals surface area contributed by atoms with Crippen molar-refractivity contribution in [3.63, 3.8) is 0 Å². The molecule has 3 rings (SSSR count). The molecule has 130 valence electrons. The molecule has 0 bridgehead atoms. The van der Waals surface area contributed by atoms with Gasteiger partial charge in [0.25, 0.3) is 0 Å². The lowest BCUT2D eigenvalue weighted by molar-refractivity contribution is -0.154. The monoisotopic (exact) mass is 344 g/mol. The van der Waals surface area contributed by atoms with E-state index in [0.717, 1.165) is 0 Å². The zero-order valence-electron chi connectivity index (χ0n) is 13.4. The lowest BCUT2D eigenvalue weighted by Crippen LogP contribution is -2.38. The van der Waals surface area contributed by atoms with Crippen molar-refractivity contribution >= 4 is 11.8 Å². The second-order valence-electron chi connectivity index (χ2n) is 5.57. The highest BCUT2D eigenvalue weighted by Gasteiger charge is 2.28. The van der Waals surface area contributed by atoms with E-state index >= 15 is 0 Å². The Bertz CT molecular complexity index is 757. The van der Waals surface area contributed by atoms with Gasteiger partial charge in [-0.15, -0.1) is 0 Å². The smallest absolute Gasteiger partial charge is 0.350 e. The Labute approximate surface area is 144 Å². The van der Waals surface area contributed by atoms with Gasteiger partial charge in [-0.25, -0.2) is 9.18 Å². The molecule has 1 aliphatic heterocycles. The fourth-order valence-electron chi connectivity index (χ4n) is 2.41. The number of para-hydroxylation sites is 2. The third-order valence-electron chi connectivity index (χ3n) is 3.73. The third kappa shape index (κ3) is 4.35. The van der Waals surface area contributed by atoms with Gasteiger partial charge in [0, 0.05) is 12.0 Å². The van der Waals surface area contributed by atoms with Crippen molar-refractivity contribution in [2.24, 2.45) is 0 Å². The summed E-state index contributed by atoms with van der Waals surface area (Å²) in [6.07, 6.45) is -0.224. The molecule has 0 N–H and O–H groups in total. The summed E-state index contributed by atoms with van der Waals surface area (Å²) in [6, 6.07) is 12.4. The quantitative estimate of drug-likeness (QED) is 0.458.